The molecule has 106 valence electrons. The number of aliphatic hydroxyl groups is 1. The first-order chi connectivity index (χ1) is 10.0. The molecule has 0 spiro atoms. The Kier molecular flexibility index (Phi) is 4.81. The van der Waals surface area contributed by atoms with Crippen LogP contribution in [-0.4, -0.2) is 10.7 Å². The Morgan fingerprint density at radius 1 is 1.00 bits per heavy atom. The van der Waals surface area contributed by atoms with Crippen LogP contribution >= 0.6 is 0 Å². The van der Waals surface area contributed by atoms with Crippen LogP contribution in [0, 0.1) is 11.8 Å². The quantitative estimate of drug-likeness (QED) is 0.684. The van der Waals surface area contributed by atoms with Crippen LogP contribution in [0.3, 0.4) is 0 Å². The lowest BCUT2D eigenvalue weighted by Gasteiger charge is -2.13. The normalized spacial score (nSPS) is 11.5. The Bertz CT molecular complexity index is 653. The number of allylic oxidation sites excluding steroid dienone is 1. The standard InChI is InChI=1S/C19H18O2/c1-19(2,20)15-18(21-17-11-7-4-8-12-17)14-13-16-9-5-3-6-10-16/h3-12,15,20H,1-2H3/b18-15-. The zero-order chi connectivity index (χ0) is 15.1. The molecule has 0 saturated heterocycles. The third-order valence-electron chi connectivity index (χ3n) is 2.56. The van der Waals surface area contributed by atoms with Crippen LogP contribution < -0.4 is 4.74 Å². The molecule has 0 fully saturated rings. The first-order valence-corrected chi connectivity index (χ1v) is 6.78. The topological polar surface area (TPSA) is 29.5 Å². The second-order valence-electron chi connectivity index (χ2n) is 5.19. The Balaban J connectivity index is 2.26. The highest BCUT2D eigenvalue weighted by Crippen LogP contribution is 2.15. The molecule has 1 N–H and O–H groups in total. The molecule has 0 heterocycles. The molecule has 2 rings (SSSR count). The van der Waals surface area contributed by atoms with Gasteiger partial charge in [-0.3, -0.25) is 0 Å². The Labute approximate surface area is 125 Å². The van der Waals surface area contributed by atoms with Gasteiger partial charge in [-0.05, 0) is 50.1 Å². The highest BCUT2D eigenvalue weighted by atomic mass is 16.5. The molecule has 0 atom stereocenters. The maximum absolute atomic E-state index is 9.94. The molecule has 0 amide bonds. The number of rotatable bonds is 3. The van der Waals surface area contributed by atoms with E-state index >= 15 is 0 Å². The van der Waals surface area contributed by atoms with Gasteiger partial charge in [0.15, 0.2) is 5.76 Å². The van der Waals surface area contributed by atoms with Crippen molar-refractivity contribution in [2.45, 2.75) is 19.4 Å². The third kappa shape index (κ3) is 5.56. The van der Waals surface area contributed by atoms with E-state index in [1.807, 2.05) is 60.7 Å². The van der Waals surface area contributed by atoms with Gasteiger partial charge in [-0.25, -0.2) is 0 Å². The van der Waals surface area contributed by atoms with Gasteiger partial charge in [0.25, 0.3) is 0 Å². The second kappa shape index (κ2) is 6.78. The fourth-order valence-corrected chi connectivity index (χ4v) is 1.68. The first kappa shape index (κ1) is 14.9. The van der Waals surface area contributed by atoms with Gasteiger partial charge in [0.05, 0.1) is 5.60 Å². The summed E-state index contributed by atoms with van der Waals surface area (Å²) in [5.74, 6) is 7.12. The van der Waals surface area contributed by atoms with Gasteiger partial charge in [-0.15, -0.1) is 0 Å². The summed E-state index contributed by atoms with van der Waals surface area (Å²) >= 11 is 0. The average Bonchev–Trinajstić information content (AvgIpc) is 2.45. The van der Waals surface area contributed by atoms with E-state index in [0.29, 0.717) is 11.5 Å². The molecule has 2 heteroatoms. The molecule has 0 aromatic heterocycles. The van der Waals surface area contributed by atoms with Gasteiger partial charge in [-0.1, -0.05) is 42.3 Å². The van der Waals surface area contributed by atoms with E-state index < -0.39 is 5.60 Å². The van der Waals surface area contributed by atoms with Crippen LogP contribution in [-0.2, 0) is 0 Å². The fraction of sp³-hybridized carbons (Fsp3) is 0.158. The van der Waals surface area contributed by atoms with E-state index in [-0.39, 0.29) is 0 Å². The largest absolute Gasteiger partial charge is 0.449 e. The number of ether oxygens (including phenoxy) is 1. The van der Waals surface area contributed by atoms with E-state index in [4.69, 9.17) is 4.74 Å². The molecule has 0 aliphatic heterocycles. The zero-order valence-corrected chi connectivity index (χ0v) is 12.2. The monoisotopic (exact) mass is 278 g/mol. The minimum atomic E-state index is -0.991. The zero-order valence-electron chi connectivity index (χ0n) is 12.2. The molecule has 0 saturated carbocycles. The number of benzene rings is 2. The van der Waals surface area contributed by atoms with Crippen LogP contribution in [0.25, 0.3) is 0 Å². The highest BCUT2D eigenvalue weighted by molar-refractivity contribution is 5.40. The van der Waals surface area contributed by atoms with E-state index in [9.17, 15) is 5.11 Å². The summed E-state index contributed by atoms with van der Waals surface area (Å²) < 4.78 is 5.74. The van der Waals surface area contributed by atoms with E-state index in [1.165, 1.54) is 0 Å². The van der Waals surface area contributed by atoms with Gasteiger partial charge in [0.1, 0.15) is 5.75 Å². The molecule has 0 unspecified atom stereocenters. The number of hydrogen-bond donors (Lipinski definition) is 1. The lowest BCUT2D eigenvalue weighted by Crippen LogP contribution is -2.16. The van der Waals surface area contributed by atoms with Crippen LogP contribution in [0.5, 0.6) is 5.75 Å². The lowest BCUT2D eigenvalue weighted by molar-refractivity contribution is 0.130. The molecule has 2 nitrogen and oxygen atoms in total. The number of hydrogen-bond acceptors (Lipinski definition) is 2. The van der Waals surface area contributed by atoms with Crippen molar-refractivity contribution in [1.29, 1.82) is 0 Å². The highest BCUT2D eigenvalue weighted by Gasteiger charge is 2.11. The number of para-hydroxylation sites is 1. The van der Waals surface area contributed by atoms with E-state index in [0.717, 1.165) is 5.56 Å². The smallest absolute Gasteiger partial charge is 0.176 e. The van der Waals surface area contributed by atoms with Crippen molar-refractivity contribution < 1.29 is 9.84 Å². The Hall–Kier alpha value is -2.50. The van der Waals surface area contributed by atoms with Crippen molar-refractivity contribution in [2.75, 3.05) is 0 Å². The van der Waals surface area contributed by atoms with Crippen LogP contribution in [0.2, 0.25) is 0 Å². The van der Waals surface area contributed by atoms with E-state index in [1.54, 1.807) is 19.9 Å². The van der Waals surface area contributed by atoms with Crippen molar-refractivity contribution in [2.24, 2.45) is 0 Å². The summed E-state index contributed by atoms with van der Waals surface area (Å²) in [5.41, 5.74) is -0.0917. The van der Waals surface area contributed by atoms with Gasteiger partial charge >= 0.3 is 0 Å². The van der Waals surface area contributed by atoms with Gasteiger partial charge in [-0.2, -0.15) is 0 Å². The third-order valence-corrected chi connectivity index (χ3v) is 2.56. The summed E-state index contributed by atoms with van der Waals surface area (Å²) in [4.78, 5) is 0. The van der Waals surface area contributed by atoms with Crippen LogP contribution in [0.15, 0.2) is 72.5 Å². The second-order valence-corrected chi connectivity index (χ2v) is 5.19. The summed E-state index contributed by atoms with van der Waals surface area (Å²) in [7, 11) is 0. The van der Waals surface area contributed by atoms with Gasteiger partial charge < -0.3 is 9.84 Å². The van der Waals surface area contributed by atoms with Crippen molar-refractivity contribution in [3.63, 3.8) is 0 Å². The molecule has 0 radical (unpaired) electrons. The molecular formula is C19H18O2. The predicted octanol–water partition coefficient (Wildman–Crippen LogP) is 3.77. The SMILES string of the molecule is CC(C)(O)/C=C(/C#Cc1ccccc1)Oc1ccccc1. The summed E-state index contributed by atoms with van der Waals surface area (Å²) in [5, 5.41) is 9.94. The maximum Gasteiger partial charge on any atom is 0.176 e. The van der Waals surface area contributed by atoms with E-state index in [2.05, 4.69) is 11.8 Å². The molecule has 0 aliphatic carbocycles. The van der Waals surface area contributed by atoms with Gasteiger partial charge in [0.2, 0.25) is 0 Å². The lowest BCUT2D eigenvalue weighted by atomic mass is 10.1. The molecule has 0 bridgehead atoms. The Morgan fingerprint density at radius 3 is 2.14 bits per heavy atom. The summed E-state index contributed by atoms with van der Waals surface area (Å²) in [6.45, 7) is 3.37. The minimum Gasteiger partial charge on any atom is -0.449 e. The van der Waals surface area contributed by atoms with Crippen molar-refractivity contribution in [1.82, 2.24) is 0 Å². The summed E-state index contributed by atoms with van der Waals surface area (Å²) in [6.07, 6.45) is 1.61. The molecule has 2 aromatic rings. The molecule has 21 heavy (non-hydrogen) atoms. The minimum absolute atomic E-state index is 0.428. The van der Waals surface area contributed by atoms with Crippen molar-refractivity contribution >= 4 is 0 Å². The van der Waals surface area contributed by atoms with Crippen LogP contribution in [0.1, 0.15) is 19.4 Å². The van der Waals surface area contributed by atoms with Gasteiger partial charge in [0, 0.05) is 5.56 Å². The molecular weight excluding hydrogens is 260 g/mol. The fourth-order valence-electron chi connectivity index (χ4n) is 1.68. The maximum atomic E-state index is 9.94. The first-order valence-electron chi connectivity index (χ1n) is 6.78. The summed E-state index contributed by atoms with van der Waals surface area (Å²) in [6, 6.07) is 19.1. The van der Waals surface area contributed by atoms with Crippen LogP contribution in [0.4, 0.5) is 0 Å². The van der Waals surface area contributed by atoms with Crippen molar-refractivity contribution in [3.8, 4) is 17.6 Å². The molecule has 0 aliphatic rings. The van der Waals surface area contributed by atoms with Crippen molar-refractivity contribution in [3.05, 3.63) is 78.1 Å². The molecule has 2 aromatic carbocycles. The Morgan fingerprint density at radius 2 is 1.57 bits per heavy atom. The average molecular weight is 278 g/mol. The predicted molar refractivity (Wildman–Crippen MR) is 84.8 cm³/mol.